The third kappa shape index (κ3) is 3.55. The van der Waals surface area contributed by atoms with Crippen LogP contribution in [-0.2, 0) is 13.2 Å². The van der Waals surface area contributed by atoms with Crippen LogP contribution >= 0.6 is 15.9 Å². The molecule has 0 aliphatic rings. The number of aryl methyl sites for hydroxylation is 1. The molecule has 20 heavy (non-hydrogen) atoms. The van der Waals surface area contributed by atoms with Gasteiger partial charge in [-0.3, -0.25) is 0 Å². The first kappa shape index (κ1) is 14.9. The smallest absolute Gasteiger partial charge is 0.146 e. The lowest BCUT2D eigenvalue weighted by atomic mass is 10.2. The Bertz CT molecular complexity index is 580. The first-order chi connectivity index (χ1) is 9.63. The monoisotopic (exact) mass is 339 g/mol. The largest absolute Gasteiger partial charge is 0.497 e. The molecule has 1 heterocycles. The molecule has 0 atom stereocenters. The zero-order chi connectivity index (χ0) is 14.5. The van der Waals surface area contributed by atoms with Crippen molar-refractivity contribution in [3.8, 4) is 11.5 Å². The second-order valence-electron chi connectivity index (χ2n) is 4.41. The number of nitrogens with one attached hydrogen (secondary N) is 1. The van der Waals surface area contributed by atoms with Gasteiger partial charge in [0.15, 0.2) is 0 Å². The van der Waals surface area contributed by atoms with Gasteiger partial charge in [-0.15, -0.1) is 0 Å². The molecule has 0 spiro atoms. The summed E-state index contributed by atoms with van der Waals surface area (Å²) in [4.78, 5) is 0. The summed E-state index contributed by atoms with van der Waals surface area (Å²) in [5.41, 5.74) is 1.15. The molecular formula is C15H18BrNO3. The van der Waals surface area contributed by atoms with E-state index >= 15 is 0 Å². The molecule has 108 valence electrons. The van der Waals surface area contributed by atoms with Gasteiger partial charge in [0, 0.05) is 12.1 Å². The number of benzene rings is 1. The van der Waals surface area contributed by atoms with E-state index in [0.29, 0.717) is 6.61 Å². The van der Waals surface area contributed by atoms with Crippen LogP contribution in [0, 0.1) is 6.92 Å². The molecule has 0 bridgehead atoms. The van der Waals surface area contributed by atoms with Crippen molar-refractivity contribution in [1.29, 1.82) is 0 Å². The summed E-state index contributed by atoms with van der Waals surface area (Å²) in [6.45, 7) is 3.15. The van der Waals surface area contributed by atoms with Crippen molar-refractivity contribution in [2.24, 2.45) is 0 Å². The van der Waals surface area contributed by atoms with E-state index in [1.165, 1.54) is 0 Å². The van der Waals surface area contributed by atoms with Crippen LogP contribution in [0.25, 0.3) is 0 Å². The highest BCUT2D eigenvalue weighted by atomic mass is 79.9. The van der Waals surface area contributed by atoms with Crippen LogP contribution in [0.5, 0.6) is 11.5 Å². The van der Waals surface area contributed by atoms with Gasteiger partial charge in [0.25, 0.3) is 0 Å². The summed E-state index contributed by atoms with van der Waals surface area (Å²) in [7, 11) is 3.55. The number of methoxy groups -OCH3 is 1. The molecule has 0 aliphatic carbocycles. The first-order valence-corrected chi connectivity index (χ1v) is 7.12. The van der Waals surface area contributed by atoms with E-state index in [1.807, 2.05) is 38.2 Å². The van der Waals surface area contributed by atoms with E-state index in [2.05, 4.69) is 21.2 Å². The normalized spacial score (nSPS) is 10.6. The van der Waals surface area contributed by atoms with Crippen molar-refractivity contribution in [2.45, 2.75) is 20.1 Å². The minimum Gasteiger partial charge on any atom is -0.497 e. The maximum atomic E-state index is 5.75. The molecule has 0 radical (unpaired) electrons. The molecule has 2 rings (SSSR count). The molecule has 0 aliphatic heterocycles. The Morgan fingerprint density at radius 1 is 1.30 bits per heavy atom. The predicted octanol–water partition coefficient (Wildman–Crippen LogP) is 3.66. The van der Waals surface area contributed by atoms with Gasteiger partial charge >= 0.3 is 0 Å². The van der Waals surface area contributed by atoms with Crippen LogP contribution in [0.15, 0.2) is 33.2 Å². The van der Waals surface area contributed by atoms with Gasteiger partial charge in [-0.2, -0.15) is 0 Å². The van der Waals surface area contributed by atoms with Gasteiger partial charge in [0.2, 0.25) is 0 Å². The minimum atomic E-state index is 0.398. The third-order valence-corrected chi connectivity index (χ3v) is 3.57. The topological polar surface area (TPSA) is 43.6 Å². The van der Waals surface area contributed by atoms with E-state index in [1.54, 1.807) is 7.11 Å². The van der Waals surface area contributed by atoms with E-state index in [4.69, 9.17) is 13.9 Å². The lowest BCUT2D eigenvalue weighted by Gasteiger charge is -2.08. The fourth-order valence-corrected chi connectivity index (χ4v) is 2.37. The van der Waals surface area contributed by atoms with Crippen LogP contribution in [0.3, 0.4) is 0 Å². The summed E-state index contributed by atoms with van der Waals surface area (Å²) in [6.07, 6.45) is 0. The molecule has 2 aromatic rings. The van der Waals surface area contributed by atoms with Gasteiger partial charge < -0.3 is 19.2 Å². The zero-order valence-electron chi connectivity index (χ0n) is 11.8. The fourth-order valence-electron chi connectivity index (χ4n) is 1.90. The van der Waals surface area contributed by atoms with Gasteiger partial charge in [0.1, 0.15) is 29.6 Å². The summed E-state index contributed by atoms with van der Waals surface area (Å²) in [5.74, 6) is 3.28. The SMILES string of the molecule is CNCc1cc(COc2ccc(OC)cc2Br)oc1C. The molecule has 5 heteroatoms. The van der Waals surface area contributed by atoms with Crippen molar-refractivity contribution in [2.75, 3.05) is 14.2 Å². The maximum Gasteiger partial charge on any atom is 0.146 e. The van der Waals surface area contributed by atoms with Crippen molar-refractivity contribution >= 4 is 15.9 Å². The molecular weight excluding hydrogens is 322 g/mol. The first-order valence-electron chi connectivity index (χ1n) is 6.33. The average molecular weight is 340 g/mol. The van der Waals surface area contributed by atoms with Crippen LogP contribution in [-0.4, -0.2) is 14.2 Å². The van der Waals surface area contributed by atoms with E-state index in [-0.39, 0.29) is 0 Å². The fraction of sp³-hybridized carbons (Fsp3) is 0.333. The number of ether oxygens (including phenoxy) is 2. The number of halogens is 1. The molecule has 0 unspecified atom stereocenters. The standard InChI is InChI=1S/C15H18BrNO3/c1-10-11(8-17-2)6-13(20-10)9-19-15-5-4-12(18-3)7-14(15)16/h4-7,17H,8-9H2,1-3H3. The summed E-state index contributed by atoms with van der Waals surface area (Å²) >= 11 is 3.46. The zero-order valence-corrected chi connectivity index (χ0v) is 13.4. The molecule has 0 saturated heterocycles. The maximum absolute atomic E-state index is 5.75. The van der Waals surface area contributed by atoms with Crippen molar-refractivity contribution < 1.29 is 13.9 Å². The van der Waals surface area contributed by atoms with Crippen LogP contribution in [0.2, 0.25) is 0 Å². The Balaban J connectivity index is 2.03. The number of furan rings is 1. The van der Waals surface area contributed by atoms with E-state index in [9.17, 15) is 0 Å². The average Bonchev–Trinajstić information content (AvgIpc) is 2.78. The lowest BCUT2D eigenvalue weighted by molar-refractivity contribution is 0.265. The van der Waals surface area contributed by atoms with Gasteiger partial charge in [-0.25, -0.2) is 0 Å². The van der Waals surface area contributed by atoms with Gasteiger partial charge in [-0.1, -0.05) is 0 Å². The van der Waals surface area contributed by atoms with Crippen molar-refractivity contribution in [1.82, 2.24) is 5.32 Å². The third-order valence-electron chi connectivity index (χ3n) is 2.95. The molecule has 0 saturated carbocycles. The van der Waals surface area contributed by atoms with Crippen LogP contribution in [0.1, 0.15) is 17.1 Å². The van der Waals surface area contributed by atoms with Crippen molar-refractivity contribution in [3.63, 3.8) is 0 Å². The molecule has 1 aromatic heterocycles. The minimum absolute atomic E-state index is 0.398. The highest BCUT2D eigenvalue weighted by molar-refractivity contribution is 9.10. The number of hydrogen-bond acceptors (Lipinski definition) is 4. The van der Waals surface area contributed by atoms with Gasteiger partial charge in [-0.05, 0) is 54.2 Å². The van der Waals surface area contributed by atoms with Gasteiger partial charge in [0.05, 0.1) is 11.6 Å². The Morgan fingerprint density at radius 3 is 2.75 bits per heavy atom. The highest BCUT2D eigenvalue weighted by Crippen LogP contribution is 2.30. The van der Waals surface area contributed by atoms with E-state index < -0.39 is 0 Å². The van der Waals surface area contributed by atoms with Crippen LogP contribution in [0.4, 0.5) is 0 Å². The highest BCUT2D eigenvalue weighted by Gasteiger charge is 2.09. The molecule has 0 fully saturated rings. The summed E-state index contributed by atoms with van der Waals surface area (Å²) in [6, 6.07) is 7.62. The number of rotatable bonds is 6. The Labute approximate surface area is 127 Å². The quantitative estimate of drug-likeness (QED) is 0.872. The molecule has 1 aromatic carbocycles. The second-order valence-corrected chi connectivity index (χ2v) is 5.26. The van der Waals surface area contributed by atoms with Crippen LogP contribution < -0.4 is 14.8 Å². The Morgan fingerprint density at radius 2 is 2.10 bits per heavy atom. The summed E-state index contributed by atoms with van der Waals surface area (Å²) in [5, 5.41) is 3.11. The Kier molecular flexibility index (Phi) is 5.09. The predicted molar refractivity (Wildman–Crippen MR) is 81.2 cm³/mol. The summed E-state index contributed by atoms with van der Waals surface area (Å²) < 4.78 is 17.4. The Hall–Kier alpha value is -1.46. The van der Waals surface area contributed by atoms with Crippen molar-refractivity contribution in [3.05, 3.63) is 45.8 Å². The lowest BCUT2D eigenvalue weighted by Crippen LogP contribution is -2.04. The molecule has 0 amide bonds. The molecule has 4 nitrogen and oxygen atoms in total. The van der Waals surface area contributed by atoms with E-state index in [0.717, 1.165) is 39.6 Å². The second kappa shape index (κ2) is 6.81. The molecule has 1 N–H and O–H groups in total. The number of hydrogen-bond donors (Lipinski definition) is 1.